The van der Waals surface area contributed by atoms with E-state index in [4.69, 9.17) is 21.4 Å². The molecule has 1 aliphatic rings. The van der Waals surface area contributed by atoms with Gasteiger partial charge in [0.1, 0.15) is 0 Å². The van der Waals surface area contributed by atoms with E-state index >= 15 is 0 Å². The molecule has 2 atom stereocenters. The molecular weight excluding hydrogens is 284 g/mol. The van der Waals surface area contributed by atoms with E-state index in [1.807, 2.05) is 0 Å². The van der Waals surface area contributed by atoms with E-state index in [0.29, 0.717) is 18.9 Å². The second kappa shape index (κ2) is 6.21. The first-order chi connectivity index (χ1) is 9.51. The number of rotatable bonds is 4. The van der Waals surface area contributed by atoms with E-state index < -0.39 is 5.97 Å². The van der Waals surface area contributed by atoms with E-state index in [0.717, 1.165) is 0 Å². The molecule has 1 fully saturated rings. The fourth-order valence-corrected chi connectivity index (χ4v) is 2.35. The summed E-state index contributed by atoms with van der Waals surface area (Å²) >= 11 is 5.84. The molecule has 1 aliphatic heterocycles. The van der Waals surface area contributed by atoms with Crippen molar-refractivity contribution in [1.29, 1.82) is 0 Å². The van der Waals surface area contributed by atoms with E-state index in [1.54, 1.807) is 7.05 Å². The van der Waals surface area contributed by atoms with Crippen molar-refractivity contribution in [2.45, 2.75) is 6.04 Å². The van der Waals surface area contributed by atoms with Gasteiger partial charge in [0.25, 0.3) is 0 Å². The minimum atomic E-state index is -1.10. The average molecular weight is 299 g/mol. The Morgan fingerprint density at radius 2 is 2.10 bits per heavy atom. The first-order valence-corrected chi connectivity index (χ1v) is 6.49. The highest BCUT2D eigenvalue weighted by Gasteiger charge is 2.33. The third-order valence-corrected chi connectivity index (χ3v) is 3.42. The molecule has 1 aromatic rings. The number of nitrogens with one attached hydrogen (secondary N) is 2. The van der Waals surface area contributed by atoms with Gasteiger partial charge in [0.05, 0.1) is 24.7 Å². The quantitative estimate of drug-likeness (QED) is 0.778. The molecule has 1 aromatic carbocycles. The van der Waals surface area contributed by atoms with Crippen LogP contribution in [0.1, 0.15) is 10.4 Å². The fourth-order valence-electron chi connectivity index (χ4n) is 2.12. The Kier molecular flexibility index (Phi) is 4.59. The molecule has 2 rings (SSSR count). The lowest BCUT2D eigenvalue weighted by Crippen LogP contribution is -2.39. The molecule has 108 valence electrons. The van der Waals surface area contributed by atoms with Gasteiger partial charge in [0.15, 0.2) is 0 Å². The lowest BCUT2D eigenvalue weighted by atomic mass is 10.0. The molecule has 3 N–H and O–H groups in total. The van der Waals surface area contributed by atoms with Crippen LogP contribution >= 0.6 is 11.6 Å². The van der Waals surface area contributed by atoms with Gasteiger partial charge < -0.3 is 20.5 Å². The molecule has 0 spiro atoms. The van der Waals surface area contributed by atoms with Crippen LogP contribution in [0.2, 0.25) is 5.02 Å². The average Bonchev–Trinajstić information content (AvgIpc) is 2.86. The molecule has 6 nitrogen and oxygen atoms in total. The van der Waals surface area contributed by atoms with Gasteiger partial charge in [0, 0.05) is 16.8 Å². The standard InChI is InChI=1S/C13H15ClN2O4/c1-15-11-6-20-5-10(11)12(17)16-9-3-7(13(18)19)2-8(14)4-9/h2-4,10-11,15H,5-6H2,1H3,(H,16,17)(H,18,19). The highest BCUT2D eigenvalue weighted by atomic mass is 35.5. The lowest BCUT2D eigenvalue weighted by molar-refractivity contribution is -0.120. The van der Waals surface area contributed by atoms with Crippen molar-refractivity contribution in [2.24, 2.45) is 5.92 Å². The maximum Gasteiger partial charge on any atom is 0.335 e. The molecule has 7 heteroatoms. The molecule has 0 saturated carbocycles. The van der Waals surface area contributed by atoms with Crippen molar-refractivity contribution in [2.75, 3.05) is 25.6 Å². The van der Waals surface area contributed by atoms with E-state index in [9.17, 15) is 9.59 Å². The normalized spacial score (nSPS) is 21.7. The Morgan fingerprint density at radius 3 is 2.75 bits per heavy atom. The summed E-state index contributed by atoms with van der Waals surface area (Å²) < 4.78 is 5.26. The maximum atomic E-state index is 12.2. The van der Waals surface area contributed by atoms with Crippen LogP contribution < -0.4 is 10.6 Å². The third kappa shape index (κ3) is 3.27. The van der Waals surface area contributed by atoms with Crippen LogP contribution in [-0.2, 0) is 9.53 Å². The maximum absolute atomic E-state index is 12.2. The number of likely N-dealkylation sites (N-methyl/N-ethyl adjacent to an activating group) is 1. The minimum absolute atomic E-state index is 0.0284. The number of benzene rings is 1. The summed E-state index contributed by atoms with van der Waals surface area (Å²) in [6, 6.07) is 4.16. The smallest absolute Gasteiger partial charge is 0.335 e. The van der Waals surface area contributed by atoms with Gasteiger partial charge in [-0.3, -0.25) is 4.79 Å². The highest BCUT2D eigenvalue weighted by molar-refractivity contribution is 6.31. The van der Waals surface area contributed by atoms with Crippen LogP contribution in [0.5, 0.6) is 0 Å². The van der Waals surface area contributed by atoms with Crippen molar-refractivity contribution >= 4 is 29.2 Å². The van der Waals surface area contributed by atoms with Crippen molar-refractivity contribution in [1.82, 2.24) is 5.32 Å². The zero-order chi connectivity index (χ0) is 14.7. The van der Waals surface area contributed by atoms with Gasteiger partial charge in [-0.1, -0.05) is 11.6 Å². The number of carboxylic acids is 1. The number of hydrogen-bond donors (Lipinski definition) is 3. The molecule has 1 amide bonds. The Labute approximate surface area is 121 Å². The van der Waals surface area contributed by atoms with Crippen molar-refractivity contribution in [3.05, 3.63) is 28.8 Å². The summed E-state index contributed by atoms with van der Waals surface area (Å²) in [6.07, 6.45) is 0. The number of hydrogen-bond acceptors (Lipinski definition) is 4. The Morgan fingerprint density at radius 1 is 1.35 bits per heavy atom. The minimum Gasteiger partial charge on any atom is -0.478 e. The number of anilines is 1. The van der Waals surface area contributed by atoms with Gasteiger partial charge in [-0.25, -0.2) is 4.79 Å². The van der Waals surface area contributed by atoms with Crippen molar-refractivity contribution in [3.8, 4) is 0 Å². The van der Waals surface area contributed by atoms with Crippen LogP contribution in [0, 0.1) is 5.92 Å². The van der Waals surface area contributed by atoms with Gasteiger partial charge in [-0.15, -0.1) is 0 Å². The fraction of sp³-hybridized carbons (Fsp3) is 0.385. The summed E-state index contributed by atoms with van der Waals surface area (Å²) in [5, 5.41) is 14.9. The third-order valence-electron chi connectivity index (χ3n) is 3.20. The van der Waals surface area contributed by atoms with Crippen LogP contribution in [0.25, 0.3) is 0 Å². The molecule has 2 unspecified atom stereocenters. The number of ether oxygens (including phenoxy) is 1. The first kappa shape index (κ1) is 14.8. The number of aromatic carboxylic acids is 1. The summed E-state index contributed by atoms with van der Waals surface area (Å²) in [5.41, 5.74) is 0.391. The Balaban J connectivity index is 2.13. The predicted molar refractivity (Wildman–Crippen MR) is 74.2 cm³/mol. The predicted octanol–water partition coefficient (Wildman–Crippen LogP) is 1.21. The molecule has 1 saturated heterocycles. The molecule has 1 heterocycles. The Hall–Kier alpha value is -1.63. The van der Waals surface area contributed by atoms with Gasteiger partial charge in [0.2, 0.25) is 5.91 Å². The summed E-state index contributed by atoms with van der Waals surface area (Å²) in [4.78, 5) is 23.1. The van der Waals surface area contributed by atoms with E-state index in [1.165, 1.54) is 18.2 Å². The SMILES string of the molecule is CNC1COCC1C(=O)Nc1cc(Cl)cc(C(=O)O)c1. The summed E-state index contributed by atoms with van der Waals surface area (Å²) in [7, 11) is 1.77. The molecule has 0 aromatic heterocycles. The van der Waals surface area contributed by atoms with Crippen LogP contribution in [0.3, 0.4) is 0 Å². The second-order valence-corrected chi connectivity index (χ2v) is 5.00. The topological polar surface area (TPSA) is 87.7 Å². The number of carbonyl (C=O) groups excluding carboxylic acids is 1. The van der Waals surface area contributed by atoms with Gasteiger partial charge in [-0.05, 0) is 25.2 Å². The number of amides is 1. The number of halogens is 1. The zero-order valence-electron chi connectivity index (χ0n) is 10.9. The van der Waals surface area contributed by atoms with E-state index in [2.05, 4.69) is 10.6 Å². The highest BCUT2D eigenvalue weighted by Crippen LogP contribution is 2.21. The van der Waals surface area contributed by atoms with Gasteiger partial charge >= 0.3 is 5.97 Å². The summed E-state index contributed by atoms with van der Waals surface area (Å²) in [6.45, 7) is 0.814. The van der Waals surface area contributed by atoms with Crippen molar-refractivity contribution in [3.63, 3.8) is 0 Å². The zero-order valence-corrected chi connectivity index (χ0v) is 11.6. The number of carbonyl (C=O) groups is 2. The Bertz CT molecular complexity index is 535. The second-order valence-electron chi connectivity index (χ2n) is 4.56. The van der Waals surface area contributed by atoms with Crippen molar-refractivity contribution < 1.29 is 19.4 Å². The molecule has 0 radical (unpaired) electrons. The van der Waals surface area contributed by atoms with Crippen LogP contribution in [-0.4, -0.2) is 43.3 Å². The number of carboxylic acid groups (broad SMARTS) is 1. The lowest BCUT2D eigenvalue weighted by Gasteiger charge is -2.16. The monoisotopic (exact) mass is 298 g/mol. The van der Waals surface area contributed by atoms with Crippen LogP contribution in [0.4, 0.5) is 5.69 Å². The first-order valence-electron chi connectivity index (χ1n) is 6.11. The molecule has 0 bridgehead atoms. The largest absolute Gasteiger partial charge is 0.478 e. The molecular formula is C13H15ClN2O4. The molecule has 0 aliphatic carbocycles. The van der Waals surface area contributed by atoms with Crippen LogP contribution in [0.15, 0.2) is 18.2 Å². The van der Waals surface area contributed by atoms with Gasteiger partial charge in [-0.2, -0.15) is 0 Å². The van der Waals surface area contributed by atoms with E-state index in [-0.39, 0.29) is 28.5 Å². The molecule has 20 heavy (non-hydrogen) atoms. The summed E-state index contributed by atoms with van der Waals surface area (Å²) in [5.74, 6) is -1.63.